The highest BCUT2D eigenvalue weighted by atomic mass is 31.2. The van der Waals surface area contributed by atoms with Gasteiger partial charge in [0.05, 0.1) is 11.8 Å². The van der Waals surface area contributed by atoms with Crippen LogP contribution >= 0.6 is 15.4 Å². The van der Waals surface area contributed by atoms with Crippen LogP contribution in [0.25, 0.3) is 0 Å². The average molecular weight is 320 g/mol. The monoisotopic (exact) mass is 320 g/mol. The first-order chi connectivity index (χ1) is 8.60. The van der Waals surface area contributed by atoms with Crippen molar-refractivity contribution in [3.05, 3.63) is 0 Å². The predicted octanol–water partition coefficient (Wildman–Crippen LogP) is 3.69. The second-order valence-electron chi connectivity index (χ2n) is 3.97. The Bertz CT molecular complexity index is 301. The Kier molecular flexibility index (Phi) is 11.4. The largest absolute Gasteiger partial charge is 0.474 e. The smallest absolute Gasteiger partial charge is 0.312 e. The molecular weight excluding hydrogens is 294 g/mol. The fourth-order valence-electron chi connectivity index (χ4n) is 0.915. The van der Waals surface area contributed by atoms with E-state index in [2.05, 4.69) is 18.1 Å². The van der Waals surface area contributed by atoms with Crippen LogP contribution in [0.2, 0.25) is 0 Å². The highest BCUT2D eigenvalue weighted by Gasteiger charge is 2.25. The molecule has 0 aliphatic carbocycles. The first-order valence-electron chi connectivity index (χ1n) is 5.71. The van der Waals surface area contributed by atoms with Crippen molar-refractivity contribution in [3.63, 3.8) is 0 Å². The van der Waals surface area contributed by atoms with Crippen molar-refractivity contribution in [3.8, 4) is 0 Å². The molecule has 0 aromatic rings. The summed E-state index contributed by atoms with van der Waals surface area (Å²) in [6, 6.07) is 0. The van der Waals surface area contributed by atoms with E-state index in [1.807, 2.05) is 0 Å². The van der Waals surface area contributed by atoms with Gasteiger partial charge in [0.2, 0.25) is 0 Å². The molecule has 118 valence electrons. The molecular formula is C10H26O7P2. The zero-order valence-corrected chi connectivity index (χ0v) is 14.7. The topological polar surface area (TPSA) is 80.3 Å². The van der Waals surface area contributed by atoms with E-state index < -0.39 is 15.4 Å². The van der Waals surface area contributed by atoms with Gasteiger partial charge in [0.1, 0.15) is 0 Å². The van der Waals surface area contributed by atoms with Crippen molar-refractivity contribution in [2.75, 3.05) is 28.4 Å². The van der Waals surface area contributed by atoms with Gasteiger partial charge in [-0.25, -0.2) is 4.57 Å². The lowest BCUT2D eigenvalue weighted by molar-refractivity contribution is 0.122. The Labute approximate surface area is 116 Å². The van der Waals surface area contributed by atoms with Crippen LogP contribution in [0, 0.1) is 0 Å². The maximum absolute atomic E-state index is 11.2. The molecule has 0 heterocycles. The lowest BCUT2D eigenvalue weighted by Crippen LogP contribution is -2.02. The van der Waals surface area contributed by atoms with E-state index in [-0.39, 0.29) is 11.8 Å². The van der Waals surface area contributed by atoms with Gasteiger partial charge in [-0.2, -0.15) is 0 Å². The van der Waals surface area contributed by atoms with E-state index in [0.717, 1.165) is 0 Å². The predicted molar refractivity (Wildman–Crippen MR) is 74.6 cm³/mol. The van der Waals surface area contributed by atoms with Crippen LogP contribution in [-0.4, -0.2) is 40.2 Å². The van der Waals surface area contributed by atoms with Crippen molar-refractivity contribution in [2.24, 2.45) is 0 Å². The van der Waals surface area contributed by atoms with E-state index >= 15 is 0 Å². The molecule has 0 fully saturated rings. The zero-order chi connectivity index (χ0) is 15.7. The van der Waals surface area contributed by atoms with Gasteiger partial charge in [0.25, 0.3) is 0 Å². The van der Waals surface area contributed by atoms with Gasteiger partial charge >= 0.3 is 15.4 Å². The van der Waals surface area contributed by atoms with Crippen LogP contribution in [0.1, 0.15) is 27.7 Å². The zero-order valence-electron chi connectivity index (χ0n) is 12.9. The normalized spacial score (nSPS) is 12.5. The van der Waals surface area contributed by atoms with Gasteiger partial charge in [-0.1, -0.05) is 13.8 Å². The molecule has 0 saturated heterocycles. The molecule has 0 rings (SSSR count). The van der Waals surface area contributed by atoms with Crippen LogP contribution in [-0.2, 0) is 31.7 Å². The number of hydrogen-bond donors (Lipinski definition) is 0. The Morgan fingerprint density at radius 1 is 0.737 bits per heavy atom. The lowest BCUT2D eigenvalue weighted by atomic mass is 10.5. The molecule has 7 nitrogen and oxygen atoms in total. The summed E-state index contributed by atoms with van der Waals surface area (Å²) in [4.78, 5) is 0. The lowest BCUT2D eigenvalue weighted by Gasteiger charge is -2.16. The first-order valence-corrected chi connectivity index (χ1v) is 8.79. The van der Waals surface area contributed by atoms with Crippen LogP contribution in [0.4, 0.5) is 0 Å². The van der Waals surface area contributed by atoms with Gasteiger partial charge in [-0.15, -0.1) is 0 Å². The Morgan fingerprint density at radius 3 is 1.16 bits per heavy atom. The Hall–Kier alpha value is 0.260. The van der Waals surface area contributed by atoms with Crippen molar-refractivity contribution >= 4 is 15.4 Å². The van der Waals surface area contributed by atoms with Gasteiger partial charge in [-0.3, -0.25) is 18.1 Å². The third kappa shape index (κ3) is 8.92. The second kappa shape index (κ2) is 10.1. The summed E-state index contributed by atoms with van der Waals surface area (Å²) >= 11 is 0. The fourth-order valence-corrected chi connectivity index (χ4v) is 2.74. The van der Waals surface area contributed by atoms with Gasteiger partial charge in [-0.05, 0) is 13.8 Å². The maximum Gasteiger partial charge on any atom is 0.474 e. The summed E-state index contributed by atoms with van der Waals surface area (Å²) in [6.45, 7) is 7.11. The van der Waals surface area contributed by atoms with Gasteiger partial charge < -0.3 is 9.05 Å². The summed E-state index contributed by atoms with van der Waals surface area (Å²) in [5.41, 5.74) is -0.0625. The van der Waals surface area contributed by atoms with Crippen molar-refractivity contribution < 1.29 is 31.7 Å². The minimum Gasteiger partial charge on any atom is -0.312 e. The minimum atomic E-state index is -3.24. The molecule has 19 heavy (non-hydrogen) atoms. The number of rotatable bonds is 7. The molecule has 9 heteroatoms. The molecule has 0 N–H and O–H groups in total. The molecule has 0 unspecified atom stereocenters. The molecule has 0 aromatic heterocycles. The average Bonchev–Trinajstić information content (AvgIpc) is 2.37. The SMILES string of the molecule is COP(=O)(OC)C(C)C.COP(=O)(OC)OC(C)C. The van der Waals surface area contributed by atoms with Crippen LogP contribution in [0.3, 0.4) is 0 Å². The number of hydrogen-bond acceptors (Lipinski definition) is 7. The maximum atomic E-state index is 11.2. The second-order valence-corrected chi connectivity index (χ2v) is 8.64. The van der Waals surface area contributed by atoms with Crippen LogP contribution in [0.15, 0.2) is 0 Å². The molecule has 0 atom stereocenters. The van der Waals surface area contributed by atoms with Crippen molar-refractivity contribution in [1.29, 1.82) is 0 Å². The first kappa shape index (κ1) is 21.6. The summed E-state index contributed by atoms with van der Waals surface area (Å²) in [5.74, 6) is 0. The summed E-state index contributed by atoms with van der Waals surface area (Å²) in [5, 5.41) is 0. The van der Waals surface area contributed by atoms with Crippen molar-refractivity contribution in [1.82, 2.24) is 0 Å². The van der Waals surface area contributed by atoms with E-state index in [4.69, 9.17) is 4.52 Å². The molecule has 0 bridgehead atoms. The van der Waals surface area contributed by atoms with E-state index in [1.165, 1.54) is 28.4 Å². The summed E-state index contributed by atoms with van der Waals surface area (Å²) in [6.07, 6.45) is -0.161. The van der Waals surface area contributed by atoms with E-state index in [1.54, 1.807) is 27.7 Å². The third-order valence-corrected chi connectivity index (χ3v) is 5.79. The fraction of sp³-hybridized carbons (Fsp3) is 1.00. The standard InChI is InChI=1S/C5H13O4P.C5H13O3P/c1-5(2)9-10(6,7-3)8-4;1-5(2)9(6,7-3)8-4/h5H,1-4H3;5H,1-4H3. The summed E-state index contributed by atoms with van der Waals surface area (Å²) < 4.78 is 45.5. The number of phosphoric ester groups is 1. The van der Waals surface area contributed by atoms with E-state index in [9.17, 15) is 9.13 Å². The van der Waals surface area contributed by atoms with Gasteiger partial charge in [0.15, 0.2) is 0 Å². The third-order valence-electron chi connectivity index (χ3n) is 1.93. The Balaban J connectivity index is 0. The van der Waals surface area contributed by atoms with Crippen LogP contribution < -0.4 is 0 Å². The molecule has 0 saturated carbocycles. The summed E-state index contributed by atoms with van der Waals surface area (Å²) in [7, 11) is -0.635. The quantitative estimate of drug-likeness (QED) is 0.662. The molecule has 0 aliphatic heterocycles. The molecule has 0 amide bonds. The van der Waals surface area contributed by atoms with Crippen molar-refractivity contribution in [2.45, 2.75) is 39.5 Å². The highest BCUT2D eigenvalue weighted by molar-refractivity contribution is 7.54. The molecule has 0 aliphatic rings. The number of phosphoric acid groups is 1. The Morgan fingerprint density at radius 2 is 1.11 bits per heavy atom. The van der Waals surface area contributed by atoms with Crippen LogP contribution in [0.5, 0.6) is 0 Å². The molecule has 0 radical (unpaired) electrons. The minimum absolute atomic E-state index is 0.0625. The van der Waals surface area contributed by atoms with E-state index in [0.29, 0.717) is 0 Å². The van der Waals surface area contributed by atoms with Gasteiger partial charge in [0, 0.05) is 28.4 Å². The molecule has 0 aromatic carbocycles. The highest BCUT2D eigenvalue weighted by Crippen LogP contribution is 2.51. The molecule has 0 spiro atoms.